The minimum atomic E-state index is -4.14. The van der Waals surface area contributed by atoms with E-state index in [1.165, 1.54) is 22.6 Å². The highest BCUT2D eigenvalue weighted by molar-refractivity contribution is 14.0. The summed E-state index contributed by atoms with van der Waals surface area (Å²) in [6.45, 7) is 5.22. The van der Waals surface area contributed by atoms with E-state index >= 15 is 0 Å². The lowest BCUT2D eigenvalue weighted by atomic mass is 9.97. The number of hydrogen-bond donors (Lipinski definition) is 2. The zero-order chi connectivity index (χ0) is 20.9. The van der Waals surface area contributed by atoms with Crippen LogP contribution in [0.25, 0.3) is 0 Å². The third-order valence-corrected chi connectivity index (χ3v) is 6.81. The molecule has 2 unspecified atom stereocenters. The minimum absolute atomic E-state index is 0. The van der Waals surface area contributed by atoms with Crippen LogP contribution in [0.5, 0.6) is 0 Å². The second-order valence-electron chi connectivity index (χ2n) is 8.18. The summed E-state index contributed by atoms with van der Waals surface area (Å²) in [5.74, 6) is 1.44. The summed E-state index contributed by atoms with van der Waals surface area (Å²) in [5.41, 5.74) is 0. The number of halogens is 4. The van der Waals surface area contributed by atoms with Crippen molar-refractivity contribution in [2.75, 3.05) is 46.3 Å². The van der Waals surface area contributed by atoms with Gasteiger partial charge in [-0.2, -0.15) is 13.2 Å². The van der Waals surface area contributed by atoms with Crippen LogP contribution < -0.4 is 10.6 Å². The van der Waals surface area contributed by atoms with E-state index in [0.717, 1.165) is 25.6 Å². The Bertz CT molecular complexity index is 647. The van der Waals surface area contributed by atoms with E-state index in [0.29, 0.717) is 25.5 Å². The Hall–Kier alpha value is -0.590. The van der Waals surface area contributed by atoms with Crippen LogP contribution in [-0.4, -0.2) is 74.3 Å². The van der Waals surface area contributed by atoms with Gasteiger partial charge < -0.3 is 10.6 Å². The highest BCUT2D eigenvalue weighted by atomic mass is 127. The van der Waals surface area contributed by atoms with Crippen LogP contribution in [0.15, 0.2) is 22.5 Å². The molecule has 10 heteroatoms. The molecule has 0 saturated carbocycles. The number of guanidine groups is 1. The van der Waals surface area contributed by atoms with Gasteiger partial charge in [-0.1, -0.05) is 13.0 Å². The maximum Gasteiger partial charge on any atom is 0.401 e. The molecule has 0 spiro atoms. The number of piperidine rings is 1. The Balaban J connectivity index is 0.00000320. The first-order valence-corrected chi connectivity index (χ1v) is 11.3. The summed E-state index contributed by atoms with van der Waals surface area (Å²) in [7, 11) is 1.71. The van der Waals surface area contributed by atoms with Crippen LogP contribution in [0.3, 0.4) is 0 Å². The van der Waals surface area contributed by atoms with Crippen LogP contribution in [0.1, 0.15) is 37.1 Å². The van der Waals surface area contributed by atoms with Gasteiger partial charge >= 0.3 is 6.18 Å². The smallest absolute Gasteiger partial charge is 0.354 e. The third-order valence-electron chi connectivity index (χ3n) is 5.83. The van der Waals surface area contributed by atoms with Crippen LogP contribution >= 0.6 is 35.3 Å². The maximum atomic E-state index is 12.6. The van der Waals surface area contributed by atoms with Crippen molar-refractivity contribution in [2.45, 2.75) is 44.4 Å². The van der Waals surface area contributed by atoms with E-state index in [1.54, 1.807) is 18.4 Å². The van der Waals surface area contributed by atoms with E-state index in [4.69, 9.17) is 0 Å². The monoisotopic (exact) mass is 559 g/mol. The van der Waals surface area contributed by atoms with Gasteiger partial charge in [-0.3, -0.25) is 14.8 Å². The van der Waals surface area contributed by atoms with Gasteiger partial charge in [0.25, 0.3) is 0 Å². The molecule has 2 saturated heterocycles. The Labute approximate surface area is 198 Å². The molecule has 2 N–H and O–H groups in total. The molecular formula is C20H33F3IN5S. The van der Waals surface area contributed by atoms with Crippen LogP contribution in [-0.2, 0) is 0 Å². The fourth-order valence-electron chi connectivity index (χ4n) is 4.16. The van der Waals surface area contributed by atoms with Gasteiger partial charge in [-0.15, -0.1) is 35.3 Å². The molecule has 2 atom stereocenters. The molecule has 3 heterocycles. The molecule has 5 nitrogen and oxygen atoms in total. The molecule has 30 heavy (non-hydrogen) atoms. The number of aliphatic imine (C=N–C) groups is 1. The van der Waals surface area contributed by atoms with Gasteiger partial charge in [0, 0.05) is 37.6 Å². The first-order chi connectivity index (χ1) is 13.8. The first-order valence-electron chi connectivity index (χ1n) is 10.4. The molecule has 0 amide bonds. The highest BCUT2D eigenvalue weighted by Gasteiger charge is 2.34. The predicted octanol–water partition coefficient (Wildman–Crippen LogP) is 3.94. The molecule has 1 aromatic rings. The molecule has 2 fully saturated rings. The average molecular weight is 559 g/mol. The number of rotatable bonds is 6. The second kappa shape index (κ2) is 11.9. The normalized spacial score (nSPS) is 23.2. The van der Waals surface area contributed by atoms with E-state index in [9.17, 15) is 13.2 Å². The van der Waals surface area contributed by atoms with Gasteiger partial charge in [0.15, 0.2) is 5.96 Å². The summed E-state index contributed by atoms with van der Waals surface area (Å²) in [4.78, 5) is 9.62. The molecule has 0 bridgehead atoms. The Morgan fingerprint density at radius 3 is 2.60 bits per heavy atom. The molecule has 172 valence electrons. The SMILES string of the molecule is CN=C(NCC(c1cccs1)N1CCC(C)CC1)NC1CCN(CC(F)(F)F)C1.I. The quantitative estimate of drug-likeness (QED) is 0.315. The lowest BCUT2D eigenvalue weighted by Crippen LogP contribution is -2.48. The zero-order valence-corrected chi connectivity index (χ0v) is 20.8. The fraction of sp³-hybridized carbons (Fsp3) is 0.750. The third kappa shape index (κ3) is 7.83. The van der Waals surface area contributed by atoms with Crippen LogP contribution in [0.4, 0.5) is 13.2 Å². The largest absolute Gasteiger partial charge is 0.401 e. The van der Waals surface area contributed by atoms with Gasteiger partial charge in [0.05, 0.1) is 12.6 Å². The van der Waals surface area contributed by atoms with Crippen molar-refractivity contribution in [1.82, 2.24) is 20.4 Å². The summed E-state index contributed by atoms with van der Waals surface area (Å²) in [6, 6.07) is 4.53. The molecule has 0 radical (unpaired) electrons. The van der Waals surface area contributed by atoms with Crippen molar-refractivity contribution in [3.05, 3.63) is 22.4 Å². The highest BCUT2D eigenvalue weighted by Crippen LogP contribution is 2.29. The van der Waals surface area contributed by atoms with Crippen LogP contribution in [0.2, 0.25) is 0 Å². The Morgan fingerprint density at radius 2 is 2.00 bits per heavy atom. The topological polar surface area (TPSA) is 42.9 Å². The van der Waals surface area contributed by atoms with Gasteiger partial charge in [-0.05, 0) is 49.7 Å². The number of thiophene rings is 1. The van der Waals surface area contributed by atoms with Gasteiger partial charge in [0.2, 0.25) is 0 Å². The standard InChI is InChI=1S/C20H32F3N5S.HI/c1-15-5-9-28(10-6-15)17(18-4-3-11-29-18)12-25-19(24-2)26-16-7-8-27(13-16)14-20(21,22)23;/h3-4,11,15-17H,5-10,12-14H2,1-2H3,(H2,24,25,26);1H. The number of nitrogens with one attached hydrogen (secondary N) is 2. The van der Waals surface area contributed by atoms with Gasteiger partial charge in [0.1, 0.15) is 0 Å². The van der Waals surface area contributed by atoms with E-state index in [1.807, 2.05) is 0 Å². The van der Waals surface area contributed by atoms with Crippen molar-refractivity contribution in [3.8, 4) is 0 Å². The number of nitrogens with zero attached hydrogens (tertiary/aromatic N) is 3. The summed E-state index contributed by atoms with van der Waals surface area (Å²) < 4.78 is 37.8. The fourth-order valence-corrected chi connectivity index (χ4v) is 5.02. The molecule has 2 aliphatic heterocycles. The molecule has 0 aromatic carbocycles. The van der Waals surface area contributed by atoms with Gasteiger partial charge in [-0.25, -0.2) is 0 Å². The predicted molar refractivity (Wildman–Crippen MR) is 128 cm³/mol. The Kier molecular flexibility index (Phi) is 10.2. The van der Waals surface area contributed by atoms with Crippen LogP contribution in [0, 0.1) is 5.92 Å². The maximum absolute atomic E-state index is 12.6. The molecule has 1 aromatic heterocycles. The molecule has 3 rings (SSSR count). The molecule has 2 aliphatic rings. The summed E-state index contributed by atoms with van der Waals surface area (Å²) in [5, 5.41) is 8.83. The van der Waals surface area contributed by atoms with Crippen molar-refractivity contribution in [3.63, 3.8) is 0 Å². The number of alkyl halides is 3. The Morgan fingerprint density at radius 1 is 1.27 bits per heavy atom. The van der Waals surface area contributed by atoms with Crippen molar-refractivity contribution in [2.24, 2.45) is 10.9 Å². The van der Waals surface area contributed by atoms with E-state index < -0.39 is 12.7 Å². The van der Waals surface area contributed by atoms with Crippen molar-refractivity contribution in [1.29, 1.82) is 0 Å². The lowest BCUT2D eigenvalue weighted by Gasteiger charge is -2.36. The van der Waals surface area contributed by atoms with E-state index in [-0.39, 0.29) is 36.1 Å². The average Bonchev–Trinajstić information content (AvgIpc) is 3.33. The van der Waals surface area contributed by atoms with E-state index in [2.05, 4.69) is 45.0 Å². The molecule has 0 aliphatic carbocycles. The van der Waals surface area contributed by atoms with Crippen molar-refractivity contribution < 1.29 is 13.2 Å². The second-order valence-corrected chi connectivity index (χ2v) is 9.16. The number of likely N-dealkylation sites (tertiary alicyclic amines) is 2. The molecular weight excluding hydrogens is 526 g/mol. The lowest BCUT2D eigenvalue weighted by molar-refractivity contribution is -0.143. The zero-order valence-electron chi connectivity index (χ0n) is 17.6. The summed E-state index contributed by atoms with van der Waals surface area (Å²) >= 11 is 1.77. The van der Waals surface area contributed by atoms with Crippen molar-refractivity contribution >= 4 is 41.3 Å². The first kappa shape index (κ1) is 25.7. The minimum Gasteiger partial charge on any atom is -0.354 e. The summed E-state index contributed by atoms with van der Waals surface area (Å²) in [6.07, 6.45) is -1.03. The number of hydrogen-bond acceptors (Lipinski definition) is 4.